The summed E-state index contributed by atoms with van der Waals surface area (Å²) in [6, 6.07) is 49.4. The first kappa shape index (κ1) is 41.0. The molecule has 0 radical (unpaired) electrons. The summed E-state index contributed by atoms with van der Waals surface area (Å²) in [7, 11) is 0. The van der Waals surface area contributed by atoms with Crippen LogP contribution in [0.3, 0.4) is 0 Å². The Balaban J connectivity index is 1.29. The number of hydrogen-bond donors (Lipinski definition) is 0. The van der Waals surface area contributed by atoms with Gasteiger partial charge in [0.15, 0.2) is 0 Å². The predicted molar refractivity (Wildman–Crippen MR) is 294 cm³/mol. The normalized spacial score (nSPS) is 18.6. The molecule has 4 aliphatic rings. The number of hydrogen-bond acceptors (Lipinski definition) is 3. The second kappa shape index (κ2) is 15.0. The maximum atomic E-state index is 9.19. The van der Waals surface area contributed by atoms with Gasteiger partial charge < -0.3 is 14.7 Å². The SMILES string of the molecule is [2H]C([2H])([2H])c1cc2c3c(c1)N(c1ccc(C(C)(C)C)cc1C)c1cc4c(cc1B3c1cc(N(c3ccccc3)c3ccccc3)ccc1N2c1cc2c(cc1C)C(C)(C)CCC2(C)C)C(C)(C)CC4(C)C. The summed E-state index contributed by atoms with van der Waals surface area (Å²) >= 11 is 0. The molecule has 68 heavy (non-hydrogen) atoms. The van der Waals surface area contributed by atoms with E-state index in [1.807, 2.05) is 12.1 Å². The number of aryl methyl sites for hydroxylation is 3. The van der Waals surface area contributed by atoms with Gasteiger partial charge in [-0.05, 0) is 201 Å². The average molecular weight is 895 g/mol. The van der Waals surface area contributed by atoms with Crippen LogP contribution in [0, 0.1) is 20.7 Å². The lowest BCUT2D eigenvalue weighted by Gasteiger charge is -2.47. The molecule has 2 aliphatic carbocycles. The Morgan fingerprint density at radius 1 is 0.485 bits per heavy atom. The van der Waals surface area contributed by atoms with Crippen molar-refractivity contribution in [3.05, 3.63) is 178 Å². The Hall–Kier alpha value is -6.00. The van der Waals surface area contributed by atoms with Crippen molar-refractivity contribution >= 4 is 74.3 Å². The van der Waals surface area contributed by atoms with Gasteiger partial charge in [-0.1, -0.05) is 137 Å². The fourth-order valence-corrected chi connectivity index (χ4v) is 13.0. The molecule has 0 fully saturated rings. The van der Waals surface area contributed by atoms with Crippen molar-refractivity contribution in [1.82, 2.24) is 0 Å². The van der Waals surface area contributed by atoms with Crippen LogP contribution in [0.4, 0.5) is 51.2 Å². The van der Waals surface area contributed by atoms with E-state index in [9.17, 15) is 4.11 Å². The molecule has 0 unspecified atom stereocenters. The van der Waals surface area contributed by atoms with E-state index in [4.69, 9.17) is 0 Å². The van der Waals surface area contributed by atoms with Crippen molar-refractivity contribution in [1.29, 1.82) is 0 Å². The third-order valence-electron chi connectivity index (χ3n) is 16.5. The smallest absolute Gasteiger partial charge is 0.252 e. The highest BCUT2D eigenvalue weighted by atomic mass is 15.2. The number of para-hydroxylation sites is 2. The van der Waals surface area contributed by atoms with Crippen LogP contribution in [-0.4, -0.2) is 6.71 Å². The topological polar surface area (TPSA) is 9.72 Å². The largest absolute Gasteiger partial charge is 0.311 e. The lowest BCUT2D eigenvalue weighted by Crippen LogP contribution is -2.61. The Labute approximate surface area is 412 Å². The Kier molecular flexibility index (Phi) is 9.05. The van der Waals surface area contributed by atoms with Gasteiger partial charge in [0.2, 0.25) is 0 Å². The zero-order valence-electron chi connectivity index (χ0n) is 45.7. The monoisotopic (exact) mass is 895 g/mol. The van der Waals surface area contributed by atoms with Crippen molar-refractivity contribution in [2.75, 3.05) is 14.7 Å². The van der Waals surface area contributed by atoms with Gasteiger partial charge in [0.1, 0.15) is 0 Å². The minimum Gasteiger partial charge on any atom is -0.311 e. The number of benzene rings is 7. The maximum absolute atomic E-state index is 9.19. The van der Waals surface area contributed by atoms with Gasteiger partial charge >= 0.3 is 0 Å². The highest BCUT2D eigenvalue weighted by Crippen LogP contribution is 2.54. The second-order valence-electron chi connectivity index (χ2n) is 24.4. The summed E-state index contributed by atoms with van der Waals surface area (Å²) in [6.45, 7) is 27.9. The summed E-state index contributed by atoms with van der Waals surface area (Å²) in [5.74, 6) is 0. The van der Waals surface area contributed by atoms with E-state index >= 15 is 0 Å². The van der Waals surface area contributed by atoms with Crippen LogP contribution in [0.25, 0.3) is 0 Å². The predicted octanol–water partition coefficient (Wildman–Crippen LogP) is 15.8. The number of nitrogens with zero attached hydrogens (tertiary/aromatic N) is 3. The molecule has 0 amide bonds. The van der Waals surface area contributed by atoms with Crippen LogP contribution in [0.15, 0.2) is 133 Å². The molecular weight excluding hydrogens is 822 g/mol. The molecule has 2 heterocycles. The van der Waals surface area contributed by atoms with Gasteiger partial charge in [-0.3, -0.25) is 0 Å². The fourth-order valence-electron chi connectivity index (χ4n) is 13.0. The Morgan fingerprint density at radius 2 is 0.985 bits per heavy atom. The molecule has 344 valence electrons. The van der Waals surface area contributed by atoms with Crippen molar-refractivity contribution in [2.24, 2.45) is 0 Å². The van der Waals surface area contributed by atoms with E-state index in [1.54, 1.807) is 0 Å². The van der Waals surface area contributed by atoms with Crippen molar-refractivity contribution in [3.63, 3.8) is 0 Å². The van der Waals surface area contributed by atoms with E-state index in [-0.39, 0.29) is 33.8 Å². The molecule has 11 rings (SSSR count). The highest BCUT2D eigenvalue weighted by molar-refractivity contribution is 7.00. The molecule has 0 spiro atoms. The molecule has 0 atom stereocenters. The second-order valence-corrected chi connectivity index (χ2v) is 24.4. The number of rotatable bonds is 5. The lowest BCUT2D eigenvalue weighted by molar-refractivity contribution is 0.332. The summed E-state index contributed by atoms with van der Waals surface area (Å²) in [5.41, 5.74) is 22.3. The van der Waals surface area contributed by atoms with E-state index in [0.29, 0.717) is 5.56 Å². The van der Waals surface area contributed by atoms with E-state index < -0.39 is 6.85 Å². The van der Waals surface area contributed by atoms with Crippen LogP contribution < -0.4 is 31.1 Å². The Morgan fingerprint density at radius 3 is 1.56 bits per heavy atom. The van der Waals surface area contributed by atoms with Gasteiger partial charge in [-0.15, -0.1) is 0 Å². The first-order valence-corrected chi connectivity index (χ1v) is 25.1. The molecule has 2 aliphatic heterocycles. The standard InChI is InChI=1S/C64H70BN3/c1-40-31-57-59-58(32-40)68(55-37-49-47(34-42(55)3)61(7,8)29-30-62(49,9)10)54-28-26-46(66(44-21-17-15-18-22-44)45-23-19-16-20-24-45)35-51(54)65(59)52-36-48-50(64(13,14)39-63(48,11)12)38-56(52)67(57)53-27-25-43(33-41(53)2)60(4,5)6/h15-28,31-38H,29-30,39H2,1-14H3/i1D3. The molecular formula is C64H70BN3. The van der Waals surface area contributed by atoms with Gasteiger partial charge in [0.05, 0.1) is 0 Å². The summed E-state index contributed by atoms with van der Waals surface area (Å²) in [4.78, 5) is 7.27. The zero-order valence-corrected chi connectivity index (χ0v) is 42.7. The van der Waals surface area contributed by atoms with Crippen molar-refractivity contribution in [3.8, 4) is 0 Å². The molecule has 0 saturated carbocycles. The van der Waals surface area contributed by atoms with Gasteiger partial charge in [-0.2, -0.15) is 0 Å². The molecule has 0 bridgehead atoms. The molecule has 7 aromatic rings. The van der Waals surface area contributed by atoms with Crippen LogP contribution in [0.1, 0.15) is 144 Å². The van der Waals surface area contributed by atoms with Crippen LogP contribution >= 0.6 is 0 Å². The van der Waals surface area contributed by atoms with Crippen LogP contribution in [-0.2, 0) is 27.1 Å². The first-order valence-electron chi connectivity index (χ1n) is 26.6. The van der Waals surface area contributed by atoms with Crippen LogP contribution in [0.2, 0.25) is 0 Å². The molecule has 0 aromatic heterocycles. The number of anilines is 9. The van der Waals surface area contributed by atoms with Gasteiger partial charge in [-0.25, -0.2) is 0 Å². The van der Waals surface area contributed by atoms with Gasteiger partial charge in [0, 0.05) is 55.3 Å². The van der Waals surface area contributed by atoms with Crippen molar-refractivity contribution in [2.45, 2.75) is 143 Å². The summed E-state index contributed by atoms with van der Waals surface area (Å²) < 4.78 is 27.6. The summed E-state index contributed by atoms with van der Waals surface area (Å²) in [6.07, 6.45) is 3.25. The van der Waals surface area contributed by atoms with E-state index in [0.717, 1.165) is 81.5 Å². The van der Waals surface area contributed by atoms with E-state index in [1.165, 1.54) is 44.3 Å². The molecule has 0 N–H and O–H groups in total. The first-order chi connectivity index (χ1) is 33.3. The van der Waals surface area contributed by atoms with Crippen LogP contribution in [0.5, 0.6) is 0 Å². The highest BCUT2D eigenvalue weighted by Gasteiger charge is 2.49. The summed E-state index contributed by atoms with van der Waals surface area (Å²) in [5, 5.41) is 0. The lowest BCUT2D eigenvalue weighted by atomic mass is 9.33. The van der Waals surface area contributed by atoms with Crippen molar-refractivity contribution < 1.29 is 4.11 Å². The minimum atomic E-state index is -2.37. The Bertz CT molecular complexity index is 3260. The molecule has 0 saturated heterocycles. The third kappa shape index (κ3) is 6.82. The number of fused-ring (bicyclic) bond motifs is 6. The third-order valence-corrected chi connectivity index (χ3v) is 16.5. The average Bonchev–Trinajstić information content (AvgIpc) is 3.49. The molecule has 3 nitrogen and oxygen atoms in total. The zero-order chi connectivity index (χ0) is 50.5. The quantitative estimate of drug-likeness (QED) is 0.159. The van der Waals surface area contributed by atoms with E-state index in [2.05, 4.69) is 226 Å². The van der Waals surface area contributed by atoms with Gasteiger partial charge in [0.25, 0.3) is 6.71 Å². The fraction of sp³-hybridized carbons (Fsp3) is 0.344. The molecule has 4 heteroatoms. The maximum Gasteiger partial charge on any atom is 0.252 e. The molecule has 7 aromatic carbocycles. The minimum absolute atomic E-state index is 0.0276.